The highest BCUT2D eigenvalue weighted by Crippen LogP contribution is 2.20. The van der Waals surface area contributed by atoms with Gasteiger partial charge in [-0.1, -0.05) is 6.07 Å². The SMILES string of the molecule is CNCC(=O)NC1CCCN(c2cccc(F)c2)C1.Cl. The van der Waals surface area contributed by atoms with Crippen LogP contribution < -0.4 is 15.5 Å². The lowest BCUT2D eigenvalue weighted by Gasteiger charge is -2.34. The average molecular weight is 302 g/mol. The molecule has 1 aromatic carbocycles. The zero-order valence-electron chi connectivity index (χ0n) is 11.6. The zero-order chi connectivity index (χ0) is 13.7. The molecule has 2 rings (SSSR count). The van der Waals surface area contributed by atoms with Crippen molar-refractivity contribution in [3.8, 4) is 0 Å². The number of likely N-dealkylation sites (N-methyl/N-ethyl adjacent to an activating group) is 1. The molecule has 0 bridgehead atoms. The molecule has 0 spiro atoms. The van der Waals surface area contributed by atoms with Crippen molar-refractivity contribution >= 4 is 24.0 Å². The number of carbonyl (C=O) groups is 1. The van der Waals surface area contributed by atoms with Crippen molar-refractivity contribution in [2.75, 3.05) is 31.6 Å². The van der Waals surface area contributed by atoms with E-state index >= 15 is 0 Å². The Morgan fingerprint density at radius 2 is 2.30 bits per heavy atom. The van der Waals surface area contributed by atoms with Crippen LogP contribution in [0.25, 0.3) is 0 Å². The zero-order valence-corrected chi connectivity index (χ0v) is 12.4. The van der Waals surface area contributed by atoms with E-state index in [0.29, 0.717) is 6.54 Å². The first kappa shape index (κ1) is 16.7. The number of hydrogen-bond donors (Lipinski definition) is 2. The first-order chi connectivity index (χ1) is 9.19. The largest absolute Gasteiger partial charge is 0.369 e. The lowest BCUT2D eigenvalue weighted by Crippen LogP contribution is -2.49. The molecule has 0 aliphatic carbocycles. The number of halogens is 2. The van der Waals surface area contributed by atoms with Crippen LogP contribution in [0, 0.1) is 5.82 Å². The molecule has 1 aromatic rings. The molecule has 1 atom stereocenters. The maximum atomic E-state index is 13.2. The number of benzene rings is 1. The van der Waals surface area contributed by atoms with Gasteiger partial charge in [-0.15, -0.1) is 12.4 Å². The summed E-state index contributed by atoms with van der Waals surface area (Å²) in [5.41, 5.74) is 0.882. The number of nitrogens with one attached hydrogen (secondary N) is 2. The standard InChI is InChI=1S/C14H20FN3O.ClH/c1-16-9-14(19)17-12-5-3-7-18(10-12)13-6-2-4-11(15)8-13;/h2,4,6,8,12,16H,3,5,7,9-10H2,1H3,(H,17,19);1H. The van der Waals surface area contributed by atoms with Crippen molar-refractivity contribution in [1.82, 2.24) is 10.6 Å². The summed E-state index contributed by atoms with van der Waals surface area (Å²) in [6.45, 7) is 1.97. The molecule has 4 nitrogen and oxygen atoms in total. The predicted octanol–water partition coefficient (Wildman–Crippen LogP) is 1.55. The summed E-state index contributed by atoms with van der Waals surface area (Å²) in [5, 5.41) is 5.83. The molecule has 1 aliphatic rings. The lowest BCUT2D eigenvalue weighted by atomic mass is 10.0. The number of piperidine rings is 1. The number of hydrogen-bond acceptors (Lipinski definition) is 3. The second-order valence-corrected chi connectivity index (χ2v) is 4.86. The van der Waals surface area contributed by atoms with Crippen LogP contribution in [0.5, 0.6) is 0 Å². The first-order valence-corrected chi connectivity index (χ1v) is 6.63. The van der Waals surface area contributed by atoms with Crippen molar-refractivity contribution in [2.45, 2.75) is 18.9 Å². The van der Waals surface area contributed by atoms with Gasteiger partial charge in [-0.25, -0.2) is 4.39 Å². The third-order valence-electron chi connectivity index (χ3n) is 3.30. The molecule has 0 radical (unpaired) electrons. The molecule has 0 aromatic heterocycles. The fourth-order valence-electron chi connectivity index (χ4n) is 2.44. The topological polar surface area (TPSA) is 44.4 Å². The fourth-order valence-corrected chi connectivity index (χ4v) is 2.44. The van der Waals surface area contributed by atoms with Gasteiger partial charge in [0.2, 0.25) is 5.91 Å². The molecular formula is C14H21ClFN3O. The fraction of sp³-hybridized carbons (Fsp3) is 0.500. The lowest BCUT2D eigenvalue weighted by molar-refractivity contribution is -0.120. The van der Waals surface area contributed by atoms with Gasteiger partial charge in [0.25, 0.3) is 0 Å². The smallest absolute Gasteiger partial charge is 0.234 e. The highest BCUT2D eigenvalue weighted by atomic mass is 35.5. The number of rotatable bonds is 4. The summed E-state index contributed by atoms with van der Waals surface area (Å²) in [5.74, 6) is -0.215. The van der Waals surface area contributed by atoms with E-state index in [1.54, 1.807) is 13.1 Å². The number of anilines is 1. The molecule has 1 saturated heterocycles. The van der Waals surface area contributed by atoms with Crippen molar-refractivity contribution in [2.24, 2.45) is 0 Å². The van der Waals surface area contributed by atoms with Gasteiger partial charge in [-0.2, -0.15) is 0 Å². The van der Waals surface area contributed by atoms with Gasteiger partial charge >= 0.3 is 0 Å². The molecule has 112 valence electrons. The summed E-state index contributed by atoms with van der Waals surface area (Å²) in [6, 6.07) is 6.74. The quantitative estimate of drug-likeness (QED) is 0.887. The van der Waals surface area contributed by atoms with Gasteiger partial charge in [0.1, 0.15) is 5.82 Å². The van der Waals surface area contributed by atoms with E-state index < -0.39 is 0 Å². The highest BCUT2D eigenvalue weighted by Gasteiger charge is 2.21. The van der Waals surface area contributed by atoms with Gasteiger partial charge < -0.3 is 15.5 Å². The van der Waals surface area contributed by atoms with Crippen LogP contribution in [0.1, 0.15) is 12.8 Å². The molecule has 20 heavy (non-hydrogen) atoms. The first-order valence-electron chi connectivity index (χ1n) is 6.63. The summed E-state index contributed by atoms with van der Waals surface area (Å²) < 4.78 is 13.2. The average Bonchev–Trinajstić information content (AvgIpc) is 2.39. The number of amides is 1. The second-order valence-electron chi connectivity index (χ2n) is 4.86. The molecule has 1 amide bonds. The minimum Gasteiger partial charge on any atom is -0.369 e. The normalized spacial score (nSPS) is 18.3. The molecule has 1 heterocycles. The summed E-state index contributed by atoms with van der Waals surface area (Å²) >= 11 is 0. The molecule has 2 N–H and O–H groups in total. The van der Waals surface area contributed by atoms with E-state index in [9.17, 15) is 9.18 Å². The minimum absolute atomic E-state index is 0. The van der Waals surface area contributed by atoms with Crippen molar-refractivity contribution in [3.05, 3.63) is 30.1 Å². The monoisotopic (exact) mass is 301 g/mol. The Labute approximate surface area is 125 Å². The predicted molar refractivity (Wildman–Crippen MR) is 81.0 cm³/mol. The molecule has 1 aliphatic heterocycles. The van der Waals surface area contributed by atoms with Crippen LogP contribution >= 0.6 is 12.4 Å². The highest BCUT2D eigenvalue weighted by molar-refractivity contribution is 5.85. The van der Waals surface area contributed by atoms with Gasteiger partial charge in [-0.3, -0.25) is 4.79 Å². The van der Waals surface area contributed by atoms with Crippen molar-refractivity contribution < 1.29 is 9.18 Å². The van der Waals surface area contributed by atoms with Gasteiger partial charge in [0.15, 0.2) is 0 Å². The molecule has 1 fully saturated rings. The Morgan fingerprint density at radius 3 is 3.00 bits per heavy atom. The van der Waals surface area contributed by atoms with E-state index in [2.05, 4.69) is 15.5 Å². The van der Waals surface area contributed by atoms with Crippen molar-refractivity contribution in [1.29, 1.82) is 0 Å². The minimum atomic E-state index is -0.223. The van der Waals surface area contributed by atoms with Gasteiger partial charge in [0, 0.05) is 24.8 Å². The van der Waals surface area contributed by atoms with E-state index in [-0.39, 0.29) is 30.2 Å². The molecular weight excluding hydrogens is 281 g/mol. The van der Waals surface area contributed by atoms with Gasteiger partial charge in [-0.05, 0) is 38.1 Å². The van der Waals surface area contributed by atoms with Crippen LogP contribution in [-0.4, -0.2) is 38.6 Å². The maximum Gasteiger partial charge on any atom is 0.234 e. The van der Waals surface area contributed by atoms with Gasteiger partial charge in [0.05, 0.1) is 6.54 Å². The molecule has 6 heteroatoms. The Kier molecular flexibility index (Phi) is 6.75. The van der Waals surface area contributed by atoms with Crippen LogP contribution in [0.15, 0.2) is 24.3 Å². The third-order valence-corrected chi connectivity index (χ3v) is 3.30. The van der Waals surface area contributed by atoms with Crippen LogP contribution in [0.2, 0.25) is 0 Å². The Balaban J connectivity index is 0.00000200. The van der Waals surface area contributed by atoms with Crippen molar-refractivity contribution in [3.63, 3.8) is 0 Å². The molecule has 0 saturated carbocycles. The Hall–Kier alpha value is -1.33. The number of carbonyl (C=O) groups excluding carboxylic acids is 1. The van der Waals surface area contributed by atoms with Crippen LogP contribution in [0.4, 0.5) is 10.1 Å². The third kappa shape index (κ3) is 4.65. The number of nitrogens with zero attached hydrogens (tertiary/aromatic N) is 1. The van der Waals surface area contributed by atoms with E-state index in [1.807, 2.05) is 6.07 Å². The summed E-state index contributed by atoms with van der Waals surface area (Å²) in [6.07, 6.45) is 1.97. The van der Waals surface area contributed by atoms with Crippen LogP contribution in [0.3, 0.4) is 0 Å². The molecule has 1 unspecified atom stereocenters. The van der Waals surface area contributed by atoms with E-state index in [4.69, 9.17) is 0 Å². The maximum absolute atomic E-state index is 13.2. The van der Waals surface area contributed by atoms with E-state index in [1.165, 1.54) is 12.1 Å². The summed E-state index contributed by atoms with van der Waals surface area (Å²) in [7, 11) is 1.75. The van der Waals surface area contributed by atoms with E-state index in [0.717, 1.165) is 31.6 Å². The Bertz CT molecular complexity index is 444. The second kappa shape index (κ2) is 8.07. The van der Waals surface area contributed by atoms with Crippen LogP contribution in [-0.2, 0) is 4.79 Å². The Morgan fingerprint density at radius 1 is 1.50 bits per heavy atom. The summed E-state index contributed by atoms with van der Waals surface area (Å²) in [4.78, 5) is 13.7.